The number of halogens is 2. The van der Waals surface area contributed by atoms with Crippen molar-refractivity contribution in [1.29, 1.82) is 0 Å². The highest BCUT2D eigenvalue weighted by atomic mass is 127. The predicted molar refractivity (Wildman–Crippen MR) is 177 cm³/mol. The number of rotatable bonds is 9. The molecule has 0 amide bonds. The number of carbonyl (C=O) groups excluding carboxylic acids is 1. The van der Waals surface area contributed by atoms with Crippen LogP contribution in [0.2, 0.25) is 0 Å². The van der Waals surface area contributed by atoms with Crippen molar-refractivity contribution in [3.63, 3.8) is 0 Å². The molecule has 0 fully saturated rings. The van der Waals surface area contributed by atoms with E-state index in [1.54, 1.807) is 37.7 Å². The normalized spacial score (nSPS) is 15.2. The zero-order valence-electron chi connectivity index (χ0n) is 23.9. The molecule has 218 valence electrons. The number of ether oxygens (including phenoxy) is 4. The second kappa shape index (κ2) is 13.3. The molecule has 0 unspecified atom stereocenters. The maximum atomic E-state index is 14.1. The Bertz CT molecular complexity index is 1690. The molecule has 4 rings (SSSR count). The van der Waals surface area contributed by atoms with Gasteiger partial charge in [0.2, 0.25) is 0 Å². The Balaban J connectivity index is 1.97. The number of esters is 1. The average molecular weight is 802 g/mol. The number of allylic oxidation sites excluding steroid dienone is 1. The van der Waals surface area contributed by atoms with Gasteiger partial charge in [-0.25, -0.2) is 9.79 Å². The van der Waals surface area contributed by atoms with Gasteiger partial charge in [0.15, 0.2) is 16.3 Å². The molecule has 1 aromatic heterocycles. The van der Waals surface area contributed by atoms with E-state index in [0.29, 0.717) is 37.7 Å². The quantitative estimate of drug-likeness (QED) is 0.207. The number of methoxy groups -OCH3 is 1. The zero-order chi connectivity index (χ0) is 30.0. The SMILES string of the molecule is CCOC(=O)C1=C(C)N=c2s/c(=C/c3cc(I)cc(I)c3OC(C)C)c(=O)n2[C@@H]1c1ccc(OC(C)C)c(OC)c1. The Morgan fingerprint density at radius 3 is 2.44 bits per heavy atom. The minimum atomic E-state index is -0.767. The predicted octanol–water partition coefficient (Wildman–Crippen LogP) is 5.59. The summed E-state index contributed by atoms with van der Waals surface area (Å²) in [6.07, 6.45) is 1.75. The van der Waals surface area contributed by atoms with Crippen LogP contribution in [0.4, 0.5) is 0 Å². The number of nitrogens with zero attached hydrogens (tertiary/aromatic N) is 2. The van der Waals surface area contributed by atoms with Gasteiger partial charge in [0, 0.05) is 9.13 Å². The van der Waals surface area contributed by atoms with E-state index >= 15 is 0 Å². The van der Waals surface area contributed by atoms with Crippen LogP contribution in [0.5, 0.6) is 17.2 Å². The Hall–Kier alpha value is -2.39. The number of fused-ring (bicyclic) bond motifs is 1. The topological polar surface area (TPSA) is 88.4 Å². The van der Waals surface area contributed by atoms with Crippen LogP contribution in [0.1, 0.15) is 58.7 Å². The van der Waals surface area contributed by atoms with Crippen molar-refractivity contribution < 1.29 is 23.7 Å². The number of thiazole rings is 1. The van der Waals surface area contributed by atoms with E-state index in [2.05, 4.69) is 50.2 Å². The Labute approximate surface area is 270 Å². The second-order valence-electron chi connectivity index (χ2n) is 9.85. The first-order chi connectivity index (χ1) is 19.4. The first kappa shape index (κ1) is 31.5. The van der Waals surface area contributed by atoms with Crippen molar-refractivity contribution in [3.8, 4) is 17.2 Å². The fourth-order valence-electron chi connectivity index (χ4n) is 4.50. The monoisotopic (exact) mass is 802 g/mol. The van der Waals surface area contributed by atoms with Gasteiger partial charge in [0.1, 0.15) is 5.75 Å². The smallest absolute Gasteiger partial charge is 0.338 e. The molecule has 3 aromatic rings. The van der Waals surface area contributed by atoms with Crippen LogP contribution < -0.4 is 29.1 Å². The molecular weight excluding hydrogens is 770 g/mol. The number of benzene rings is 2. The van der Waals surface area contributed by atoms with Crippen LogP contribution in [-0.2, 0) is 9.53 Å². The number of hydrogen-bond acceptors (Lipinski definition) is 8. The van der Waals surface area contributed by atoms with Crippen LogP contribution in [0.25, 0.3) is 6.08 Å². The highest BCUT2D eigenvalue weighted by Crippen LogP contribution is 2.37. The summed E-state index contributed by atoms with van der Waals surface area (Å²) in [6, 6.07) is 8.70. The second-order valence-corrected chi connectivity index (χ2v) is 13.3. The summed E-state index contributed by atoms with van der Waals surface area (Å²) < 4.78 is 27.1. The van der Waals surface area contributed by atoms with Gasteiger partial charge in [-0.05, 0) is 123 Å². The lowest BCUT2D eigenvalue weighted by atomic mass is 9.95. The molecule has 2 aromatic carbocycles. The molecule has 1 aliphatic rings. The average Bonchev–Trinajstić information content (AvgIpc) is 3.19. The maximum absolute atomic E-state index is 14.1. The molecule has 1 atom stereocenters. The highest BCUT2D eigenvalue weighted by Gasteiger charge is 2.34. The fraction of sp³-hybridized carbons (Fsp3) is 0.367. The first-order valence-electron chi connectivity index (χ1n) is 13.1. The summed E-state index contributed by atoms with van der Waals surface area (Å²) in [7, 11) is 1.56. The van der Waals surface area contributed by atoms with Crippen LogP contribution in [-0.4, -0.2) is 36.5 Å². The minimum Gasteiger partial charge on any atom is -0.493 e. The van der Waals surface area contributed by atoms with E-state index in [1.807, 2.05) is 52.0 Å². The summed E-state index contributed by atoms with van der Waals surface area (Å²) in [5, 5.41) is 0. The molecule has 0 aliphatic carbocycles. The molecule has 0 spiro atoms. The van der Waals surface area contributed by atoms with Crippen LogP contribution in [0.15, 0.2) is 51.4 Å². The number of hydrogen-bond donors (Lipinski definition) is 0. The summed E-state index contributed by atoms with van der Waals surface area (Å²) in [6.45, 7) is 11.5. The Kier molecular flexibility index (Phi) is 10.2. The lowest BCUT2D eigenvalue weighted by Crippen LogP contribution is -2.40. The molecule has 0 radical (unpaired) electrons. The van der Waals surface area contributed by atoms with E-state index in [9.17, 15) is 9.59 Å². The van der Waals surface area contributed by atoms with E-state index in [-0.39, 0.29) is 24.4 Å². The summed E-state index contributed by atoms with van der Waals surface area (Å²) in [5.74, 6) is 1.27. The lowest BCUT2D eigenvalue weighted by Gasteiger charge is -2.25. The molecule has 1 aliphatic heterocycles. The van der Waals surface area contributed by atoms with E-state index in [0.717, 1.165) is 18.5 Å². The molecule has 0 bridgehead atoms. The van der Waals surface area contributed by atoms with E-state index in [1.165, 1.54) is 11.3 Å². The van der Waals surface area contributed by atoms with Crippen LogP contribution >= 0.6 is 56.5 Å². The van der Waals surface area contributed by atoms with E-state index in [4.69, 9.17) is 18.9 Å². The van der Waals surface area contributed by atoms with Crippen molar-refractivity contribution in [1.82, 2.24) is 4.57 Å². The number of carbonyl (C=O) groups is 1. The van der Waals surface area contributed by atoms with Gasteiger partial charge in [-0.3, -0.25) is 9.36 Å². The van der Waals surface area contributed by atoms with Gasteiger partial charge in [-0.15, -0.1) is 0 Å². The molecule has 0 saturated heterocycles. The molecule has 41 heavy (non-hydrogen) atoms. The summed E-state index contributed by atoms with van der Waals surface area (Å²) in [4.78, 5) is 32.6. The number of aromatic nitrogens is 1. The van der Waals surface area contributed by atoms with Gasteiger partial charge in [0.05, 0.1) is 51.3 Å². The van der Waals surface area contributed by atoms with Crippen LogP contribution in [0, 0.1) is 7.14 Å². The van der Waals surface area contributed by atoms with Crippen molar-refractivity contribution in [2.75, 3.05) is 13.7 Å². The van der Waals surface area contributed by atoms with Gasteiger partial charge in [0.25, 0.3) is 5.56 Å². The third-order valence-electron chi connectivity index (χ3n) is 6.06. The third kappa shape index (κ3) is 6.82. The Morgan fingerprint density at radius 2 is 1.80 bits per heavy atom. The molecule has 2 heterocycles. The third-order valence-corrected chi connectivity index (χ3v) is 8.47. The largest absolute Gasteiger partial charge is 0.493 e. The molecule has 11 heteroatoms. The summed E-state index contributed by atoms with van der Waals surface area (Å²) >= 11 is 5.78. The zero-order valence-corrected chi connectivity index (χ0v) is 29.0. The molecular formula is C30H32I2N2O6S. The van der Waals surface area contributed by atoms with E-state index < -0.39 is 12.0 Å². The van der Waals surface area contributed by atoms with Gasteiger partial charge >= 0.3 is 5.97 Å². The minimum absolute atomic E-state index is 0.0376. The van der Waals surface area contributed by atoms with Crippen molar-refractivity contribution in [2.45, 2.75) is 59.8 Å². The molecule has 0 N–H and O–H groups in total. The lowest BCUT2D eigenvalue weighted by molar-refractivity contribution is -0.139. The van der Waals surface area contributed by atoms with Gasteiger partial charge < -0.3 is 18.9 Å². The Morgan fingerprint density at radius 1 is 1.10 bits per heavy atom. The molecule has 0 saturated carbocycles. The van der Waals surface area contributed by atoms with Gasteiger partial charge in [-0.1, -0.05) is 17.4 Å². The first-order valence-corrected chi connectivity index (χ1v) is 16.1. The maximum Gasteiger partial charge on any atom is 0.338 e. The summed E-state index contributed by atoms with van der Waals surface area (Å²) in [5.41, 5.74) is 2.01. The van der Waals surface area contributed by atoms with Crippen molar-refractivity contribution in [2.24, 2.45) is 4.99 Å². The molecule has 8 nitrogen and oxygen atoms in total. The van der Waals surface area contributed by atoms with Crippen molar-refractivity contribution >= 4 is 68.6 Å². The fourth-order valence-corrected chi connectivity index (χ4v) is 7.56. The standard InChI is InChI=1S/C30H32I2N2O6S/c1-8-38-29(36)25-17(6)33-30-34(26(25)18-9-10-22(39-15(2)3)23(12-18)37-7)28(35)24(41-30)13-19-11-20(31)14-21(32)27(19)40-16(4)5/h9-16,26H,8H2,1-7H3/b24-13+/t26-/m1/s1. The van der Waals surface area contributed by atoms with Crippen LogP contribution in [0.3, 0.4) is 0 Å². The highest BCUT2D eigenvalue weighted by molar-refractivity contribution is 14.1. The van der Waals surface area contributed by atoms with Gasteiger partial charge in [-0.2, -0.15) is 0 Å². The van der Waals surface area contributed by atoms with Crippen molar-refractivity contribution in [3.05, 3.63) is 79.6 Å².